The second-order valence-corrected chi connectivity index (χ2v) is 6.00. The summed E-state index contributed by atoms with van der Waals surface area (Å²) >= 11 is 0. The molecule has 22 heavy (non-hydrogen) atoms. The SMILES string of the molecule is COCCNCCNS(=O)(=O)c1ccc(OC)c([N+](=O)[O-])c1. The van der Waals surface area contributed by atoms with Crippen molar-refractivity contribution in [1.29, 1.82) is 0 Å². The standard InChI is InChI=1S/C12H19N3O6S/c1-20-8-7-13-5-6-14-22(18,19)10-3-4-12(21-2)11(9-10)15(16)17/h3-4,9,13-14H,5-8H2,1-2H3. The highest BCUT2D eigenvalue weighted by Gasteiger charge is 2.21. The number of ether oxygens (including phenoxy) is 2. The molecule has 0 heterocycles. The quantitative estimate of drug-likeness (QED) is 0.354. The predicted octanol–water partition coefficient (Wildman–Crippen LogP) is 0.118. The van der Waals surface area contributed by atoms with Crippen LogP contribution in [0.15, 0.2) is 23.1 Å². The van der Waals surface area contributed by atoms with Gasteiger partial charge in [0.15, 0.2) is 5.75 Å². The van der Waals surface area contributed by atoms with Crippen LogP contribution in [0.4, 0.5) is 5.69 Å². The van der Waals surface area contributed by atoms with Gasteiger partial charge in [0.05, 0.1) is 23.5 Å². The molecule has 0 amide bonds. The molecular weight excluding hydrogens is 314 g/mol. The monoisotopic (exact) mass is 333 g/mol. The highest BCUT2D eigenvalue weighted by Crippen LogP contribution is 2.29. The summed E-state index contributed by atoms with van der Waals surface area (Å²) in [5.74, 6) is 0.00480. The molecule has 0 unspecified atom stereocenters. The molecule has 0 fully saturated rings. The molecule has 0 saturated heterocycles. The van der Waals surface area contributed by atoms with Crippen LogP contribution in [-0.2, 0) is 14.8 Å². The van der Waals surface area contributed by atoms with Crippen molar-refractivity contribution >= 4 is 15.7 Å². The number of nitrogens with one attached hydrogen (secondary N) is 2. The van der Waals surface area contributed by atoms with Crippen LogP contribution in [0.1, 0.15) is 0 Å². The van der Waals surface area contributed by atoms with Crippen molar-refractivity contribution < 1.29 is 22.8 Å². The lowest BCUT2D eigenvalue weighted by atomic mass is 10.3. The Morgan fingerprint density at radius 1 is 1.23 bits per heavy atom. The van der Waals surface area contributed by atoms with Crippen LogP contribution in [0.2, 0.25) is 0 Å². The summed E-state index contributed by atoms with van der Waals surface area (Å²) in [6.45, 7) is 1.70. The van der Waals surface area contributed by atoms with E-state index >= 15 is 0 Å². The lowest BCUT2D eigenvalue weighted by Crippen LogP contribution is -2.33. The molecule has 0 spiro atoms. The first-order valence-corrected chi connectivity index (χ1v) is 7.92. The van der Waals surface area contributed by atoms with E-state index in [1.54, 1.807) is 7.11 Å². The van der Waals surface area contributed by atoms with Gasteiger partial charge in [0.2, 0.25) is 10.0 Å². The van der Waals surface area contributed by atoms with Gasteiger partial charge < -0.3 is 14.8 Å². The number of benzene rings is 1. The Hall–Kier alpha value is -1.75. The summed E-state index contributed by atoms with van der Waals surface area (Å²) in [4.78, 5) is 10.0. The predicted molar refractivity (Wildman–Crippen MR) is 79.6 cm³/mol. The average molecular weight is 333 g/mol. The van der Waals surface area contributed by atoms with Crippen molar-refractivity contribution in [2.45, 2.75) is 4.90 Å². The molecule has 0 atom stereocenters. The van der Waals surface area contributed by atoms with Gasteiger partial charge in [-0.05, 0) is 12.1 Å². The second-order valence-electron chi connectivity index (χ2n) is 4.23. The van der Waals surface area contributed by atoms with Crippen molar-refractivity contribution in [1.82, 2.24) is 10.0 Å². The fourth-order valence-corrected chi connectivity index (χ4v) is 2.69. The van der Waals surface area contributed by atoms with Gasteiger partial charge in [-0.1, -0.05) is 0 Å². The maximum Gasteiger partial charge on any atom is 0.312 e. The van der Waals surface area contributed by atoms with Crippen molar-refractivity contribution in [3.8, 4) is 5.75 Å². The largest absolute Gasteiger partial charge is 0.490 e. The molecule has 9 nitrogen and oxygen atoms in total. The van der Waals surface area contributed by atoms with Gasteiger partial charge in [0.25, 0.3) is 0 Å². The van der Waals surface area contributed by atoms with Gasteiger partial charge in [-0.3, -0.25) is 10.1 Å². The van der Waals surface area contributed by atoms with E-state index in [2.05, 4.69) is 10.0 Å². The molecule has 0 aromatic heterocycles. The number of nitro groups is 1. The van der Waals surface area contributed by atoms with Crippen LogP contribution in [0.25, 0.3) is 0 Å². The molecular formula is C12H19N3O6S. The van der Waals surface area contributed by atoms with E-state index in [1.165, 1.54) is 19.2 Å². The molecule has 0 aliphatic heterocycles. The van der Waals surface area contributed by atoms with Gasteiger partial charge in [0, 0.05) is 32.8 Å². The van der Waals surface area contributed by atoms with Crippen molar-refractivity contribution in [2.24, 2.45) is 0 Å². The topological polar surface area (TPSA) is 120 Å². The van der Waals surface area contributed by atoms with Gasteiger partial charge in [-0.25, -0.2) is 13.1 Å². The number of nitrogens with zero attached hydrogens (tertiary/aromatic N) is 1. The van der Waals surface area contributed by atoms with Crippen LogP contribution < -0.4 is 14.8 Å². The molecule has 1 rings (SSSR count). The van der Waals surface area contributed by atoms with Gasteiger partial charge in [0.1, 0.15) is 0 Å². The lowest BCUT2D eigenvalue weighted by molar-refractivity contribution is -0.386. The molecule has 1 aromatic rings. The first-order valence-electron chi connectivity index (χ1n) is 6.44. The lowest BCUT2D eigenvalue weighted by Gasteiger charge is -2.09. The Labute approximate surface area is 128 Å². The van der Waals surface area contributed by atoms with E-state index in [0.717, 1.165) is 6.07 Å². The summed E-state index contributed by atoms with van der Waals surface area (Å²) in [5, 5.41) is 13.9. The first-order chi connectivity index (χ1) is 10.4. The number of rotatable bonds is 10. The molecule has 0 radical (unpaired) electrons. The van der Waals surface area contributed by atoms with Crippen LogP contribution in [-0.4, -0.2) is 53.8 Å². The number of methoxy groups -OCH3 is 2. The van der Waals surface area contributed by atoms with Gasteiger partial charge in [-0.2, -0.15) is 0 Å². The summed E-state index contributed by atoms with van der Waals surface area (Å²) in [5.41, 5.74) is -0.399. The van der Waals surface area contributed by atoms with Crippen LogP contribution in [0.5, 0.6) is 5.75 Å². The first kappa shape index (κ1) is 18.3. The molecule has 124 valence electrons. The Kier molecular flexibility index (Phi) is 7.18. The summed E-state index contributed by atoms with van der Waals surface area (Å²) < 4.78 is 36.2. The van der Waals surface area contributed by atoms with Crippen molar-refractivity contribution in [2.75, 3.05) is 40.5 Å². The minimum atomic E-state index is -3.82. The van der Waals surface area contributed by atoms with Crippen molar-refractivity contribution in [3.63, 3.8) is 0 Å². The minimum absolute atomic E-state index is 0.00480. The second kappa shape index (κ2) is 8.63. The minimum Gasteiger partial charge on any atom is -0.490 e. The van der Waals surface area contributed by atoms with E-state index in [-0.39, 0.29) is 17.2 Å². The Morgan fingerprint density at radius 3 is 2.55 bits per heavy atom. The zero-order chi connectivity index (χ0) is 16.6. The van der Waals surface area contributed by atoms with Gasteiger partial charge >= 0.3 is 5.69 Å². The molecule has 0 bridgehead atoms. The fraction of sp³-hybridized carbons (Fsp3) is 0.500. The van der Waals surface area contributed by atoms with Gasteiger partial charge in [-0.15, -0.1) is 0 Å². The Morgan fingerprint density at radius 2 is 1.95 bits per heavy atom. The zero-order valence-electron chi connectivity index (χ0n) is 12.4. The molecule has 1 aromatic carbocycles. The molecule has 0 aliphatic rings. The number of hydrogen-bond acceptors (Lipinski definition) is 7. The van der Waals surface area contributed by atoms with E-state index < -0.39 is 20.6 Å². The van der Waals surface area contributed by atoms with Crippen LogP contribution in [0.3, 0.4) is 0 Å². The molecule has 2 N–H and O–H groups in total. The highest BCUT2D eigenvalue weighted by atomic mass is 32.2. The maximum atomic E-state index is 12.1. The normalized spacial score (nSPS) is 11.4. The molecule has 0 aliphatic carbocycles. The number of nitro benzene ring substituents is 1. The number of sulfonamides is 1. The Bertz CT molecular complexity index is 605. The number of hydrogen-bond donors (Lipinski definition) is 2. The van der Waals surface area contributed by atoms with E-state index in [9.17, 15) is 18.5 Å². The molecule has 0 saturated carbocycles. The third kappa shape index (κ3) is 5.22. The van der Waals surface area contributed by atoms with E-state index in [0.29, 0.717) is 19.7 Å². The van der Waals surface area contributed by atoms with E-state index in [4.69, 9.17) is 9.47 Å². The Balaban J connectivity index is 2.72. The van der Waals surface area contributed by atoms with E-state index in [1.807, 2.05) is 0 Å². The van der Waals surface area contributed by atoms with Crippen LogP contribution in [0, 0.1) is 10.1 Å². The fourth-order valence-electron chi connectivity index (χ4n) is 1.64. The third-order valence-electron chi connectivity index (χ3n) is 2.73. The summed E-state index contributed by atoms with van der Waals surface area (Å²) in [6.07, 6.45) is 0. The smallest absolute Gasteiger partial charge is 0.312 e. The summed E-state index contributed by atoms with van der Waals surface area (Å²) in [6, 6.07) is 3.48. The maximum absolute atomic E-state index is 12.1. The molecule has 10 heteroatoms. The highest BCUT2D eigenvalue weighted by molar-refractivity contribution is 7.89. The summed E-state index contributed by atoms with van der Waals surface area (Å²) in [7, 11) is -0.967. The zero-order valence-corrected chi connectivity index (χ0v) is 13.2. The average Bonchev–Trinajstić information content (AvgIpc) is 2.49. The third-order valence-corrected chi connectivity index (χ3v) is 4.19. The van der Waals surface area contributed by atoms with Crippen molar-refractivity contribution in [3.05, 3.63) is 28.3 Å². The van der Waals surface area contributed by atoms with Crippen LogP contribution >= 0.6 is 0 Å².